The average molecular weight is 354 g/mol. The summed E-state index contributed by atoms with van der Waals surface area (Å²) in [7, 11) is 0. The Bertz CT molecular complexity index is 699. The smallest absolute Gasteiger partial charge is 0.310 e. The summed E-state index contributed by atoms with van der Waals surface area (Å²) in [6.45, 7) is -0.250. The second-order valence-corrected chi connectivity index (χ2v) is 6.56. The summed E-state index contributed by atoms with van der Waals surface area (Å²) in [6.07, 6.45) is 8.18. The highest BCUT2D eigenvalue weighted by molar-refractivity contribution is 5.77. The van der Waals surface area contributed by atoms with Crippen LogP contribution in [0.3, 0.4) is 0 Å². The quantitative estimate of drug-likeness (QED) is 0.742. The maximum absolute atomic E-state index is 10.9. The molecule has 0 saturated heterocycles. The van der Waals surface area contributed by atoms with Gasteiger partial charge in [0.1, 0.15) is 0 Å². The van der Waals surface area contributed by atoms with E-state index in [1.165, 1.54) is 31.2 Å². The number of hydrogen-bond donors (Lipinski definition) is 2. The molecule has 4 nitrogen and oxygen atoms in total. The fourth-order valence-electron chi connectivity index (χ4n) is 3.69. The van der Waals surface area contributed by atoms with Crippen LogP contribution in [0.1, 0.15) is 53.9 Å². The molecule has 2 aromatic carbocycles. The molecular formula is C22H26O4. The van der Waals surface area contributed by atoms with Gasteiger partial charge in [-0.25, -0.2) is 0 Å². The maximum Gasteiger partial charge on any atom is 0.310 e. The molecule has 2 N–H and O–H groups in total. The zero-order valence-electron chi connectivity index (χ0n) is 14.9. The largest absolute Gasteiger partial charge is 0.483 e. The van der Waals surface area contributed by atoms with Gasteiger partial charge in [0, 0.05) is 0 Å². The topological polar surface area (TPSA) is 74.6 Å². The van der Waals surface area contributed by atoms with Crippen LogP contribution in [0.2, 0.25) is 0 Å². The zero-order chi connectivity index (χ0) is 18.8. The van der Waals surface area contributed by atoms with Gasteiger partial charge in [-0.1, -0.05) is 48.5 Å². The van der Waals surface area contributed by atoms with Gasteiger partial charge in [-0.15, -0.1) is 0 Å². The van der Waals surface area contributed by atoms with Gasteiger partial charge >= 0.3 is 5.97 Å². The van der Waals surface area contributed by atoms with Crippen LogP contribution in [0.4, 0.5) is 0 Å². The molecule has 0 radical (unpaired) electrons. The first-order valence-corrected chi connectivity index (χ1v) is 9.12. The molecule has 2 aromatic rings. The number of fused-ring (bicyclic) bond motifs is 2. The van der Waals surface area contributed by atoms with Crippen LogP contribution in [-0.2, 0) is 28.9 Å². The fraction of sp³-hybridized carbons (Fsp3) is 0.364. The van der Waals surface area contributed by atoms with Gasteiger partial charge in [0.2, 0.25) is 0 Å². The van der Waals surface area contributed by atoms with Gasteiger partial charge in [0.15, 0.2) is 0 Å². The zero-order valence-corrected chi connectivity index (χ0v) is 14.9. The van der Waals surface area contributed by atoms with Crippen molar-refractivity contribution in [3.63, 3.8) is 0 Å². The molecule has 138 valence electrons. The predicted molar refractivity (Wildman–Crippen MR) is 102 cm³/mol. The summed E-state index contributed by atoms with van der Waals surface area (Å²) in [5, 5.41) is 15.9. The molecule has 0 fully saturated rings. The van der Waals surface area contributed by atoms with E-state index in [1.807, 2.05) is 24.3 Å². The number of aliphatic carboxylic acids is 1. The monoisotopic (exact) mass is 354 g/mol. The van der Waals surface area contributed by atoms with E-state index in [9.17, 15) is 4.79 Å². The van der Waals surface area contributed by atoms with Crippen LogP contribution in [0.15, 0.2) is 48.5 Å². The minimum Gasteiger partial charge on any atom is -0.483 e. The second kappa shape index (κ2) is 10.4. The molecule has 1 atom stereocenters. The molecule has 2 aliphatic rings. The number of rotatable bonds is 1. The molecule has 0 bridgehead atoms. The van der Waals surface area contributed by atoms with E-state index < -0.39 is 5.97 Å². The van der Waals surface area contributed by atoms with E-state index in [0.717, 1.165) is 24.8 Å². The third kappa shape index (κ3) is 5.45. The number of hydrogen-bond acceptors (Lipinski definition) is 2. The van der Waals surface area contributed by atoms with Crippen LogP contribution >= 0.6 is 0 Å². The number of benzene rings is 2. The van der Waals surface area contributed by atoms with Crippen LogP contribution in [0.5, 0.6) is 0 Å². The molecule has 2 aliphatic carbocycles. The molecule has 4 rings (SSSR count). The summed E-state index contributed by atoms with van der Waals surface area (Å²) in [5.41, 5.74) is 5.38. The lowest BCUT2D eigenvalue weighted by Gasteiger charge is -2.21. The second-order valence-electron chi connectivity index (χ2n) is 6.56. The highest BCUT2D eigenvalue weighted by Gasteiger charge is 2.25. The highest BCUT2D eigenvalue weighted by Crippen LogP contribution is 2.31. The molecule has 0 spiro atoms. The average Bonchev–Trinajstić information content (AvgIpc) is 2.69. The Balaban J connectivity index is 0.000000167. The Hall–Kier alpha value is -2.62. The first-order chi connectivity index (χ1) is 12.7. The summed E-state index contributed by atoms with van der Waals surface area (Å²) in [6, 6.07) is 16.7. The molecule has 0 heterocycles. The highest BCUT2D eigenvalue weighted by atomic mass is 16.4. The van der Waals surface area contributed by atoms with Crippen molar-refractivity contribution in [1.82, 2.24) is 0 Å². The molecule has 1 unspecified atom stereocenters. The van der Waals surface area contributed by atoms with Crippen molar-refractivity contribution in [1.29, 1.82) is 0 Å². The Morgan fingerprint density at radius 3 is 1.85 bits per heavy atom. The summed E-state index contributed by atoms with van der Waals surface area (Å²) < 4.78 is 0. The van der Waals surface area contributed by atoms with E-state index in [0.29, 0.717) is 0 Å². The summed E-state index contributed by atoms with van der Waals surface area (Å²) in [4.78, 5) is 19.3. The molecule has 0 saturated carbocycles. The SMILES string of the molecule is O=C(O)C1CCCc2ccccc21.O=CO.c1ccc2c(c1)CCCC2. The Kier molecular flexibility index (Phi) is 7.87. The van der Waals surface area contributed by atoms with Crippen LogP contribution in [0, 0.1) is 0 Å². The number of carboxylic acid groups (broad SMARTS) is 2. The lowest BCUT2D eigenvalue weighted by molar-refractivity contribution is -0.139. The lowest BCUT2D eigenvalue weighted by Crippen LogP contribution is -2.17. The van der Waals surface area contributed by atoms with Gasteiger partial charge in [-0.05, 0) is 67.2 Å². The van der Waals surface area contributed by atoms with Gasteiger partial charge in [0.05, 0.1) is 5.92 Å². The molecular weight excluding hydrogens is 328 g/mol. The Morgan fingerprint density at radius 2 is 1.31 bits per heavy atom. The maximum atomic E-state index is 10.9. The lowest BCUT2D eigenvalue weighted by atomic mass is 9.83. The van der Waals surface area contributed by atoms with E-state index in [2.05, 4.69) is 24.3 Å². The molecule has 0 aliphatic heterocycles. The molecule has 26 heavy (non-hydrogen) atoms. The van der Waals surface area contributed by atoms with E-state index >= 15 is 0 Å². The summed E-state index contributed by atoms with van der Waals surface area (Å²) in [5.74, 6) is -0.961. The molecule has 0 amide bonds. The fourth-order valence-corrected chi connectivity index (χ4v) is 3.69. The number of carboxylic acids is 1. The third-order valence-corrected chi connectivity index (χ3v) is 4.93. The van der Waals surface area contributed by atoms with Crippen molar-refractivity contribution >= 4 is 12.4 Å². The van der Waals surface area contributed by atoms with Gasteiger partial charge in [0.25, 0.3) is 6.47 Å². The van der Waals surface area contributed by atoms with Crippen LogP contribution in [0.25, 0.3) is 0 Å². The predicted octanol–water partition coefficient (Wildman–Crippen LogP) is 4.46. The normalized spacial score (nSPS) is 17.2. The number of carbonyl (C=O) groups is 2. The first-order valence-electron chi connectivity index (χ1n) is 9.12. The Morgan fingerprint density at radius 1 is 0.846 bits per heavy atom. The minimum absolute atomic E-state index is 0.250. The Labute approximate surface area is 154 Å². The minimum atomic E-state index is -0.688. The van der Waals surface area contributed by atoms with Crippen molar-refractivity contribution in [2.24, 2.45) is 0 Å². The van der Waals surface area contributed by atoms with E-state index in [1.54, 1.807) is 11.1 Å². The van der Waals surface area contributed by atoms with Crippen molar-refractivity contribution in [3.8, 4) is 0 Å². The molecule has 0 aromatic heterocycles. The van der Waals surface area contributed by atoms with E-state index in [-0.39, 0.29) is 12.4 Å². The third-order valence-electron chi connectivity index (χ3n) is 4.93. The van der Waals surface area contributed by atoms with Gasteiger partial charge in [-0.3, -0.25) is 9.59 Å². The summed E-state index contributed by atoms with van der Waals surface area (Å²) >= 11 is 0. The molecule has 4 heteroatoms. The number of aryl methyl sites for hydroxylation is 3. The van der Waals surface area contributed by atoms with Crippen molar-refractivity contribution in [3.05, 3.63) is 70.8 Å². The van der Waals surface area contributed by atoms with Gasteiger partial charge < -0.3 is 10.2 Å². The van der Waals surface area contributed by atoms with Crippen LogP contribution < -0.4 is 0 Å². The van der Waals surface area contributed by atoms with Crippen LogP contribution in [-0.4, -0.2) is 22.7 Å². The van der Waals surface area contributed by atoms with Crippen molar-refractivity contribution < 1.29 is 19.8 Å². The van der Waals surface area contributed by atoms with Crippen molar-refractivity contribution in [2.75, 3.05) is 0 Å². The van der Waals surface area contributed by atoms with Gasteiger partial charge in [-0.2, -0.15) is 0 Å². The van der Waals surface area contributed by atoms with Crippen molar-refractivity contribution in [2.45, 2.75) is 50.9 Å². The first kappa shape index (κ1) is 19.7. The van der Waals surface area contributed by atoms with E-state index in [4.69, 9.17) is 15.0 Å². The standard InChI is InChI=1S/C11H12O2.C10H12.CH2O2/c12-11(13)10-7-3-5-8-4-1-2-6-9(8)10;1-2-6-10-8-4-3-7-9(10)5-1;2-1-3/h1-2,4,6,10H,3,5,7H2,(H,12,13);1-2,5-6H,3-4,7-8H2;1H,(H,2,3).